The minimum Gasteiger partial charge on any atom is -0.227 e. The number of benzene rings is 1. The molecular formula is C10H4BrClF4N2. The second kappa shape index (κ2) is 4.62. The van der Waals surface area contributed by atoms with Crippen LogP contribution in [0, 0.1) is 0 Å². The van der Waals surface area contributed by atoms with Gasteiger partial charge < -0.3 is 0 Å². The Kier molecular flexibility index (Phi) is 3.46. The van der Waals surface area contributed by atoms with Crippen LogP contribution in [0.5, 0.6) is 0 Å². The highest BCUT2D eigenvalue weighted by atomic mass is 79.9. The summed E-state index contributed by atoms with van der Waals surface area (Å²) in [5.74, 6) is -5.71. The van der Waals surface area contributed by atoms with Gasteiger partial charge in [0, 0.05) is 9.86 Å². The highest BCUT2D eigenvalue weighted by molar-refractivity contribution is 9.10. The Hall–Kier alpha value is -0.950. The van der Waals surface area contributed by atoms with Crippen molar-refractivity contribution in [2.75, 3.05) is 0 Å². The van der Waals surface area contributed by atoms with Gasteiger partial charge in [0.1, 0.15) is 5.15 Å². The molecular weight excluding hydrogens is 339 g/mol. The van der Waals surface area contributed by atoms with Crippen LogP contribution in [0.3, 0.4) is 0 Å². The van der Waals surface area contributed by atoms with Crippen molar-refractivity contribution in [3.63, 3.8) is 0 Å². The zero-order valence-electron chi connectivity index (χ0n) is 8.47. The van der Waals surface area contributed by atoms with Crippen LogP contribution in [0.15, 0.2) is 22.7 Å². The Morgan fingerprint density at radius 2 is 1.89 bits per heavy atom. The van der Waals surface area contributed by atoms with E-state index in [2.05, 4.69) is 25.9 Å². The summed E-state index contributed by atoms with van der Waals surface area (Å²) in [6.07, 6.45) is -3.89. The van der Waals surface area contributed by atoms with Gasteiger partial charge in [0.2, 0.25) is 5.82 Å². The van der Waals surface area contributed by atoms with Crippen molar-refractivity contribution in [2.45, 2.75) is 12.3 Å². The first-order valence-corrected chi connectivity index (χ1v) is 5.78. The average molecular weight is 344 g/mol. The predicted octanol–water partition coefficient (Wildman–Crippen LogP) is 4.40. The topological polar surface area (TPSA) is 25.8 Å². The summed E-state index contributed by atoms with van der Waals surface area (Å²) < 4.78 is 51.3. The van der Waals surface area contributed by atoms with Crippen LogP contribution in [-0.4, -0.2) is 16.4 Å². The fraction of sp³-hybridized carbons (Fsp3) is 0.200. The van der Waals surface area contributed by atoms with Crippen LogP contribution >= 0.6 is 27.5 Å². The molecule has 0 aliphatic rings. The number of hydrogen-bond acceptors (Lipinski definition) is 2. The van der Waals surface area contributed by atoms with E-state index in [-0.39, 0.29) is 10.7 Å². The zero-order chi connectivity index (χ0) is 13.5. The summed E-state index contributed by atoms with van der Waals surface area (Å²) in [6.45, 7) is 0. The third kappa shape index (κ3) is 2.29. The molecule has 0 N–H and O–H groups in total. The standard InChI is InChI=1S/C10H4BrClF4N2/c11-4-1-2-5-6(3-4)17-9(18-7(5)12)10(15,16)8(13)14/h1-3,8H. The molecule has 1 heterocycles. The van der Waals surface area contributed by atoms with Gasteiger partial charge in [0.15, 0.2) is 0 Å². The van der Waals surface area contributed by atoms with Crippen molar-refractivity contribution in [2.24, 2.45) is 0 Å². The first kappa shape index (κ1) is 13.5. The van der Waals surface area contributed by atoms with Crippen molar-refractivity contribution in [3.8, 4) is 0 Å². The molecule has 0 spiro atoms. The first-order valence-electron chi connectivity index (χ1n) is 4.61. The number of hydrogen-bond donors (Lipinski definition) is 0. The molecule has 0 saturated carbocycles. The molecule has 2 aromatic rings. The number of aromatic nitrogens is 2. The lowest BCUT2D eigenvalue weighted by atomic mass is 10.2. The number of fused-ring (bicyclic) bond motifs is 1. The minimum absolute atomic E-state index is 0.0692. The molecule has 1 aromatic carbocycles. The fourth-order valence-electron chi connectivity index (χ4n) is 1.31. The molecule has 0 unspecified atom stereocenters. The second-order valence-corrected chi connectivity index (χ2v) is 4.70. The molecule has 2 rings (SSSR count). The molecule has 8 heteroatoms. The Morgan fingerprint density at radius 3 is 2.50 bits per heavy atom. The highest BCUT2D eigenvalue weighted by Gasteiger charge is 2.46. The van der Waals surface area contributed by atoms with Gasteiger partial charge in [-0.15, -0.1) is 0 Å². The van der Waals surface area contributed by atoms with Gasteiger partial charge in [-0.2, -0.15) is 8.78 Å². The lowest BCUT2D eigenvalue weighted by Crippen LogP contribution is -2.26. The van der Waals surface area contributed by atoms with E-state index in [0.29, 0.717) is 9.86 Å². The Balaban J connectivity index is 2.68. The largest absolute Gasteiger partial charge is 0.365 e. The molecule has 0 aliphatic carbocycles. The molecule has 96 valence electrons. The number of rotatable bonds is 2. The van der Waals surface area contributed by atoms with Crippen LogP contribution in [0.4, 0.5) is 17.6 Å². The summed E-state index contributed by atoms with van der Waals surface area (Å²) in [7, 11) is 0. The second-order valence-electron chi connectivity index (χ2n) is 3.42. The summed E-state index contributed by atoms with van der Waals surface area (Å²) in [4.78, 5) is 6.67. The summed E-state index contributed by atoms with van der Waals surface area (Å²) in [5.41, 5.74) is 0.0692. The average Bonchev–Trinajstić information content (AvgIpc) is 2.27. The molecule has 0 bridgehead atoms. The van der Waals surface area contributed by atoms with Gasteiger partial charge in [-0.1, -0.05) is 27.5 Å². The maximum Gasteiger partial charge on any atom is 0.365 e. The molecule has 0 radical (unpaired) electrons. The van der Waals surface area contributed by atoms with Crippen LogP contribution < -0.4 is 0 Å². The normalized spacial score (nSPS) is 12.4. The summed E-state index contributed by atoms with van der Waals surface area (Å²) in [6, 6.07) is 4.52. The number of halogens is 6. The van der Waals surface area contributed by atoms with Crippen LogP contribution in [-0.2, 0) is 5.92 Å². The van der Waals surface area contributed by atoms with Gasteiger partial charge in [-0.05, 0) is 18.2 Å². The maximum absolute atomic E-state index is 13.1. The highest BCUT2D eigenvalue weighted by Crippen LogP contribution is 2.34. The van der Waals surface area contributed by atoms with E-state index in [0.717, 1.165) is 0 Å². The van der Waals surface area contributed by atoms with Crippen molar-refractivity contribution < 1.29 is 17.6 Å². The van der Waals surface area contributed by atoms with Crippen molar-refractivity contribution in [1.29, 1.82) is 0 Å². The number of nitrogens with zero attached hydrogens (tertiary/aromatic N) is 2. The smallest absolute Gasteiger partial charge is 0.227 e. The monoisotopic (exact) mass is 342 g/mol. The van der Waals surface area contributed by atoms with E-state index in [1.807, 2.05) is 0 Å². The molecule has 0 fully saturated rings. The summed E-state index contributed by atoms with van der Waals surface area (Å²) in [5, 5.41) is 0.0245. The van der Waals surface area contributed by atoms with Crippen molar-refractivity contribution in [1.82, 2.24) is 9.97 Å². The van der Waals surface area contributed by atoms with E-state index < -0.39 is 18.2 Å². The van der Waals surface area contributed by atoms with Gasteiger partial charge in [0.25, 0.3) is 0 Å². The molecule has 2 nitrogen and oxygen atoms in total. The molecule has 0 amide bonds. The molecule has 0 saturated heterocycles. The molecule has 0 atom stereocenters. The Morgan fingerprint density at radius 1 is 1.22 bits per heavy atom. The third-order valence-corrected chi connectivity index (χ3v) is 2.97. The van der Waals surface area contributed by atoms with Gasteiger partial charge in [-0.3, -0.25) is 0 Å². The van der Waals surface area contributed by atoms with Crippen molar-refractivity contribution in [3.05, 3.63) is 33.6 Å². The van der Waals surface area contributed by atoms with Crippen molar-refractivity contribution >= 4 is 38.4 Å². The zero-order valence-corrected chi connectivity index (χ0v) is 10.8. The third-order valence-electron chi connectivity index (χ3n) is 2.18. The van der Waals surface area contributed by atoms with E-state index in [9.17, 15) is 17.6 Å². The Labute approximate surface area is 112 Å². The maximum atomic E-state index is 13.1. The minimum atomic E-state index is -4.43. The SMILES string of the molecule is FC(F)C(F)(F)c1nc(Cl)c2ccc(Br)cc2n1. The van der Waals surface area contributed by atoms with Crippen LogP contribution in [0.2, 0.25) is 5.15 Å². The van der Waals surface area contributed by atoms with Crippen LogP contribution in [0.25, 0.3) is 10.9 Å². The first-order chi connectivity index (χ1) is 8.32. The van der Waals surface area contributed by atoms with E-state index >= 15 is 0 Å². The molecule has 0 aliphatic heterocycles. The van der Waals surface area contributed by atoms with Gasteiger partial charge >= 0.3 is 12.3 Å². The van der Waals surface area contributed by atoms with E-state index in [4.69, 9.17) is 11.6 Å². The van der Waals surface area contributed by atoms with Gasteiger partial charge in [0.05, 0.1) is 5.52 Å². The van der Waals surface area contributed by atoms with Crippen LogP contribution in [0.1, 0.15) is 5.82 Å². The van der Waals surface area contributed by atoms with E-state index in [1.165, 1.54) is 12.1 Å². The molecule has 18 heavy (non-hydrogen) atoms. The quantitative estimate of drug-likeness (QED) is 0.596. The predicted molar refractivity (Wildman–Crippen MR) is 62.1 cm³/mol. The lowest BCUT2D eigenvalue weighted by Gasteiger charge is -2.14. The lowest BCUT2D eigenvalue weighted by molar-refractivity contribution is -0.140. The molecule has 1 aromatic heterocycles. The Bertz CT molecular complexity index is 606. The fourth-order valence-corrected chi connectivity index (χ4v) is 1.90. The summed E-state index contributed by atoms with van der Waals surface area (Å²) >= 11 is 8.80. The van der Waals surface area contributed by atoms with E-state index in [1.54, 1.807) is 6.07 Å². The number of alkyl halides is 4. The van der Waals surface area contributed by atoms with Gasteiger partial charge in [-0.25, -0.2) is 18.7 Å².